The molecule has 0 saturated carbocycles. The van der Waals surface area contributed by atoms with Gasteiger partial charge in [-0.15, -0.1) is 0 Å². The molecule has 2 aromatic carbocycles. The standard InChI is InChI=1S/C18H12FN3O/c19-17-3-1-2-15-16(17)9-13(18(15)23)8-12-4-6-14(7-5-12)22-11-20-10-21-22/h1-8,10-11H,9H2. The summed E-state index contributed by atoms with van der Waals surface area (Å²) in [6.07, 6.45) is 5.24. The van der Waals surface area contributed by atoms with Crippen LogP contribution in [-0.4, -0.2) is 20.5 Å². The van der Waals surface area contributed by atoms with Gasteiger partial charge >= 0.3 is 0 Å². The molecule has 0 radical (unpaired) electrons. The van der Waals surface area contributed by atoms with Crippen molar-refractivity contribution in [2.24, 2.45) is 0 Å². The number of halogens is 1. The van der Waals surface area contributed by atoms with E-state index in [9.17, 15) is 9.18 Å². The summed E-state index contributed by atoms with van der Waals surface area (Å²) in [6.45, 7) is 0. The van der Waals surface area contributed by atoms with E-state index >= 15 is 0 Å². The molecule has 5 heteroatoms. The number of allylic oxidation sites excluding steroid dienone is 1. The number of Topliss-reactive ketones (excluding diaryl/α,β-unsaturated/α-hetero) is 1. The largest absolute Gasteiger partial charge is 0.289 e. The number of ketones is 1. The first-order chi connectivity index (χ1) is 11.2. The molecule has 23 heavy (non-hydrogen) atoms. The lowest BCUT2D eigenvalue weighted by Gasteiger charge is -2.01. The second-order valence-corrected chi connectivity index (χ2v) is 5.37. The lowest BCUT2D eigenvalue weighted by Crippen LogP contribution is -1.96. The van der Waals surface area contributed by atoms with Gasteiger partial charge in [-0.1, -0.05) is 24.3 Å². The van der Waals surface area contributed by atoms with Crippen LogP contribution in [0.3, 0.4) is 0 Å². The summed E-state index contributed by atoms with van der Waals surface area (Å²) in [5.41, 5.74) is 3.35. The molecular formula is C18H12FN3O. The van der Waals surface area contributed by atoms with Crippen LogP contribution in [0.4, 0.5) is 4.39 Å². The van der Waals surface area contributed by atoms with Crippen LogP contribution in [0.25, 0.3) is 11.8 Å². The number of carbonyl (C=O) groups is 1. The van der Waals surface area contributed by atoms with Gasteiger partial charge in [-0.2, -0.15) is 5.10 Å². The lowest BCUT2D eigenvalue weighted by molar-refractivity contribution is 0.104. The van der Waals surface area contributed by atoms with E-state index in [-0.39, 0.29) is 11.6 Å². The van der Waals surface area contributed by atoms with Crippen LogP contribution in [0.2, 0.25) is 0 Å². The Bertz CT molecular complexity index is 912. The highest BCUT2D eigenvalue weighted by Gasteiger charge is 2.26. The quantitative estimate of drug-likeness (QED) is 0.683. The third kappa shape index (κ3) is 2.36. The molecule has 1 heterocycles. The lowest BCUT2D eigenvalue weighted by atomic mass is 10.1. The summed E-state index contributed by atoms with van der Waals surface area (Å²) >= 11 is 0. The van der Waals surface area contributed by atoms with Crippen LogP contribution in [0, 0.1) is 5.82 Å². The van der Waals surface area contributed by atoms with Crippen molar-refractivity contribution >= 4 is 11.9 Å². The summed E-state index contributed by atoms with van der Waals surface area (Å²) in [5.74, 6) is -0.416. The number of aromatic nitrogens is 3. The second-order valence-electron chi connectivity index (χ2n) is 5.37. The van der Waals surface area contributed by atoms with Crippen LogP contribution in [0.5, 0.6) is 0 Å². The fourth-order valence-electron chi connectivity index (χ4n) is 2.78. The van der Waals surface area contributed by atoms with E-state index < -0.39 is 0 Å². The average Bonchev–Trinajstić information content (AvgIpc) is 3.19. The predicted octanol–water partition coefficient (Wildman–Crippen LogP) is 3.23. The Kier molecular flexibility index (Phi) is 3.12. The molecule has 3 aromatic rings. The van der Waals surface area contributed by atoms with Gasteiger partial charge in [0.05, 0.1) is 5.69 Å². The summed E-state index contributed by atoms with van der Waals surface area (Å²) in [5, 5.41) is 4.06. The normalized spacial score (nSPS) is 15.2. The van der Waals surface area contributed by atoms with Crippen molar-refractivity contribution in [3.8, 4) is 5.69 Å². The minimum Gasteiger partial charge on any atom is -0.289 e. The van der Waals surface area contributed by atoms with Crippen molar-refractivity contribution in [1.82, 2.24) is 14.8 Å². The smallest absolute Gasteiger partial charge is 0.189 e. The average molecular weight is 305 g/mol. The highest BCUT2D eigenvalue weighted by molar-refractivity contribution is 6.15. The van der Waals surface area contributed by atoms with Gasteiger partial charge in [0.25, 0.3) is 0 Å². The Balaban J connectivity index is 1.64. The van der Waals surface area contributed by atoms with Gasteiger partial charge in [0.15, 0.2) is 5.78 Å². The molecule has 1 aliphatic rings. The number of fused-ring (bicyclic) bond motifs is 1. The van der Waals surface area contributed by atoms with Gasteiger partial charge < -0.3 is 0 Å². The molecule has 4 nitrogen and oxygen atoms in total. The number of carbonyl (C=O) groups excluding carboxylic acids is 1. The number of benzene rings is 2. The molecule has 112 valence electrons. The van der Waals surface area contributed by atoms with E-state index in [0.717, 1.165) is 11.3 Å². The van der Waals surface area contributed by atoms with E-state index in [0.29, 0.717) is 23.1 Å². The van der Waals surface area contributed by atoms with E-state index in [1.807, 2.05) is 30.3 Å². The molecule has 0 fully saturated rings. The van der Waals surface area contributed by atoms with Gasteiger partial charge in [0.1, 0.15) is 18.5 Å². The summed E-state index contributed by atoms with van der Waals surface area (Å²) in [7, 11) is 0. The van der Waals surface area contributed by atoms with Crippen LogP contribution in [-0.2, 0) is 6.42 Å². The first-order valence-corrected chi connectivity index (χ1v) is 7.20. The van der Waals surface area contributed by atoms with Gasteiger partial charge in [-0.05, 0) is 29.8 Å². The van der Waals surface area contributed by atoms with E-state index in [2.05, 4.69) is 10.1 Å². The number of hydrogen-bond acceptors (Lipinski definition) is 3. The van der Waals surface area contributed by atoms with Crippen molar-refractivity contribution in [2.45, 2.75) is 6.42 Å². The van der Waals surface area contributed by atoms with E-state index in [4.69, 9.17) is 0 Å². The highest BCUT2D eigenvalue weighted by atomic mass is 19.1. The number of rotatable bonds is 2. The first kappa shape index (κ1) is 13.6. The molecule has 0 N–H and O–H groups in total. The van der Waals surface area contributed by atoms with Gasteiger partial charge in [-0.3, -0.25) is 4.79 Å². The molecule has 0 saturated heterocycles. The molecule has 0 aliphatic heterocycles. The molecule has 4 rings (SSSR count). The number of hydrogen-bond donors (Lipinski definition) is 0. The third-order valence-electron chi connectivity index (χ3n) is 3.94. The van der Waals surface area contributed by atoms with Crippen molar-refractivity contribution in [3.05, 3.63) is 83.2 Å². The number of nitrogens with zero attached hydrogens (tertiary/aromatic N) is 3. The Hall–Kier alpha value is -3.08. The Morgan fingerprint density at radius 1 is 1.13 bits per heavy atom. The Morgan fingerprint density at radius 3 is 2.65 bits per heavy atom. The maximum absolute atomic E-state index is 13.8. The van der Waals surface area contributed by atoms with Gasteiger partial charge in [-0.25, -0.2) is 14.1 Å². The minimum absolute atomic E-state index is 0.0974. The minimum atomic E-state index is -0.319. The third-order valence-corrected chi connectivity index (χ3v) is 3.94. The van der Waals surface area contributed by atoms with E-state index in [1.54, 1.807) is 23.1 Å². The highest BCUT2D eigenvalue weighted by Crippen LogP contribution is 2.29. The molecule has 0 atom stereocenters. The monoisotopic (exact) mass is 305 g/mol. The van der Waals surface area contributed by atoms with Crippen LogP contribution < -0.4 is 0 Å². The SMILES string of the molecule is O=C1C(=Cc2ccc(-n3cncn3)cc2)Cc2c(F)cccc21. The summed E-state index contributed by atoms with van der Waals surface area (Å²) < 4.78 is 15.4. The predicted molar refractivity (Wildman–Crippen MR) is 83.8 cm³/mol. The topological polar surface area (TPSA) is 47.8 Å². The van der Waals surface area contributed by atoms with Crippen molar-refractivity contribution in [1.29, 1.82) is 0 Å². The maximum Gasteiger partial charge on any atom is 0.189 e. The summed E-state index contributed by atoms with van der Waals surface area (Å²) in [4.78, 5) is 16.3. The fourth-order valence-corrected chi connectivity index (χ4v) is 2.78. The van der Waals surface area contributed by atoms with Crippen LogP contribution >= 0.6 is 0 Å². The van der Waals surface area contributed by atoms with Crippen LogP contribution in [0.15, 0.2) is 60.7 Å². The summed E-state index contributed by atoms with van der Waals surface area (Å²) in [6, 6.07) is 12.2. The van der Waals surface area contributed by atoms with E-state index in [1.165, 1.54) is 12.4 Å². The van der Waals surface area contributed by atoms with Crippen molar-refractivity contribution < 1.29 is 9.18 Å². The molecular weight excluding hydrogens is 293 g/mol. The van der Waals surface area contributed by atoms with Crippen molar-refractivity contribution in [3.63, 3.8) is 0 Å². The maximum atomic E-state index is 13.8. The van der Waals surface area contributed by atoms with Crippen LogP contribution in [0.1, 0.15) is 21.5 Å². The fraction of sp³-hybridized carbons (Fsp3) is 0.0556. The first-order valence-electron chi connectivity index (χ1n) is 7.20. The molecule has 0 unspecified atom stereocenters. The zero-order valence-electron chi connectivity index (χ0n) is 12.1. The molecule has 0 spiro atoms. The van der Waals surface area contributed by atoms with Gasteiger partial charge in [0, 0.05) is 23.1 Å². The zero-order valence-corrected chi connectivity index (χ0v) is 12.1. The molecule has 0 bridgehead atoms. The zero-order chi connectivity index (χ0) is 15.8. The Labute approximate surface area is 131 Å². The van der Waals surface area contributed by atoms with Gasteiger partial charge in [0.2, 0.25) is 0 Å². The molecule has 1 aliphatic carbocycles. The van der Waals surface area contributed by atoms with Crippen molar-refractivity contribution in [2.75, 3.05) is 0 Å². The molecule has 0 amide bonds. The Morgan fingerprint density at radius 2 is 1.96 bits per heavy atom. The molecule has 1 aromatic heterocycles. The second kappa shape index (κ2) is 5.28.